The van der Waals surface area contributed by atoms with Crippen LogP contribution in [0.2, 0.25) is 10.0 Å². The van der Waals surface area contributed by atoms with E-state index in [9.17, 15) is 0 Å². The van der Waals surface area contributed by atoms with E-state index in [1.807, 2.05) is 12.1 Å². The number of hydrogen-bond acceptors (Lipinski definition) is 2. The molecule has 0 saturated heterocycles. The molecule has 4 nitrogen and oxygen atoms in total. The fraction of sp³-hybridized carbons (Fsp3) is 0.650. The van der Waals surface area contributed by atoms with Gasteiger partial charge in [0, 0.05) is 17.1 Å². The van der Waals surface area contributed by atoms with Crippen LogP contribution < -0.4 is 16.4 Å². The molecule has 0 spiro atoms. The molecule has 2 fully saturated rings. The van der Waals surface area contributed by atoms with Crippen molar-refractivity contribution in [3.63, 3.8) is 0 Å². The number of guanidine groups is 1. The van der Waals surface area contributed by atoms with Gasteiger partial charge in [0.1, 0.15) is 0 Å². The highest BCUT2D eigenvalue weighted by molar-refractivity contribution is 6.36. The Balaban J connectivity index is 1.77. The Morgan fingerprint density at radius 3 is 2.35 bits per heavy atom. The first-order chi connectivity index (χ1) is 12.6. The summed E-state index contributed by atoms with van der Waals surface area (Å²) in [4.78, 5) is 4.98. The second-order valence-electron chi connectivity index (χ2n) is 7.58. The molecular formula is C20H30Cl2N4. The topological polar surface area (TPSA) is 62.4 Å². The molecule has 1 aromatic carbocycles. The van der Waals surface area contributed by atoms with Crippen molar-refractivity contribution in [3.05, 3.63) is 28.2 Å². The quantitative estimate of drug-likeness (QED) is 0.366. The highest BCUT2D eigenvalue weighted by atomic mass is 35.5. The fourth-order valence-electron chi connectivity index (χ4n) is 3.91. The van der Waals surface area contributed by atoms with Crippen LogP contribution >= 0.6 is 23.2 Å². The molecule has 2 atom stereocenters. The molecule has 0 aromatic heterocycles. The molecule has 26 heavy (non-hydrogen) atoms. The van der Waals surface area contributed by atoms with Crippen molar-refractivity contribution in [1.29, 1.82) is 0 Å². The van der Waals surface area contributed by atoms with Gasteiger partial charge in [-0.05, 0) is 43.9 Å². The van der Waals surface area contributed by atoms with Crippen LogP contribution in [0.5, 0.6) is 0 Å². The number of nitrogens with zero attached hydrogens (tertiary/aromatic N) is 1. The van der Waals surface area contributed by atoms with Gasteiger partial charge in [0.15, 0.2) is 5.96 Å². The molecule has 144 valence electrons. The van der Waals surface area contributed by atoms with Crippen molar-refractivity contribution in [1.82, 2.24) is 5.32 Å². The molecule has 4 N–H and O–H groups in total. The summed E-state index contributed by atoms with van der Waals surface area (Å²) in [6.45, 7) is 0. The summed E-state index contributed by atoms with van der Waals surface area (Å²) in [7, 11) is 0. The Morgan fingerprint density at radius 1 is 0.962 bits per heavy atom. The SMILES string of the molecule is N[C@H]1CCCC[C@@H]1N=C(Nc1ccc(Cl)cc1Cl)NC1CCCCCC1. The summed E-state index contributed by atoms with van der Waals surface area (Å²) in [6, 6.07) is 6.24. The summed E-state index contributed by atoms with van der Waals surface area (Å²) in [6.07, 6.45) is 12.1. The van der Waals surface area contributed by atoms with Crippen molar-refractivity contribution < 1.29 is 0 Å². The lowest BCUT2D eigenvalue weighted by atomic mass is 9.91. The molecule has 0 radical (unpaired) electrons. The standard InChI is InChI=1S/C20H30Cl2N4/c21-14-11-12-18(16(22)13-14)25-20(24-15-7-3-1-2-4-8-15)26-19-10-6-5-9-17(19)23/h11-13,15,17,19H,1-10,23H2,(H2,24,25,26)/t17-,19-/m0/s1. The van der Waals surface area contributed by atoms with E-state index in [-0.39, 0.29) is 12.1 Å². The Bertz CT molecular complexity index is 612. The van der Waals surface area contributed by atoms with Gasteiger partial charge in [-0.3, -0.25) is 0 Å². The Hall–Kier alpha value is -0.970. The second-order valence-corrected chi connectivity index (χ2v) is 8.42. The normalized spacial score (nSPS) is 25.6. The van der Waals surface area contributed by atoms with Crippen LogP contribution in [0.1, 0.15) is 64.2 Å². The molecule has 2 aliphatic carbocycles. The van der Waals surface area contributed by atoms with E-state index in [0.29, 0.717) is 16.1 Å². The third-order valence-corrected chi connectivity index (χ3v) is 6.00. The number of benzene rings is 1. The third kappa shape index (κ3) is 5.77. The molecule has 3 rings (SSSR count). The van der Waals surface area contributed by atoms with Crippen molar-refractivity contribution in [2.45, 2.75) is 82.3 Å². The largest absolute Gasteiger partial charge is 0.353 e. The van der Waals surface area contributed by atoms with Crippen molar-refractivity contribution in [2.75, 3.05) is 5.32 Å². The molecule has 2 saturated carbocycles. The highest BCUT2D eigenvalue weighted by Crippen LogP contribution is 2.26. The zero-order valence-corrected chi connectivity index (χ0v) is 16.8. The van der Waals surface area contributed by atoms with Gasteiger partial charge in [0.2, 0.25) is 0 Å². The number of rotatable bonds is 3. The molecular weight excluding hydrogens is 367 g/mol. The maximum absolute atomic E-state index is 6.36. The van der Waals surface area contributed by atoms with E-state index in [0.717, 1.165) is 24.5 Å². The van der Waals surface area contributed by atoms with E-state index < -0.39 is 0 Å². The molecule has 0 aliphatic heterocycles. The molecule has 0 bridgehead atoms. The van der Waals surface area contributed by atoms with Gasteiger partial charge in [0.05, 0.1) is 16.8 Å². The van der Waals surface area contributed by atoms with Gasteiger partial charge in [0.25, 0.3) is 0 Å². The predicted molar refractivity (Wildman–Crippen MR) is 112 cm³/mol. The fourth-order valence-corrected chi connectivity index (χ4v) is 4.36. The molecule has 0 amide bonds. The van der Waals surface area contributed by atoms with Gasteiger partial charge < -0.3 is 16.4 Å². The Labute approximate surface area is 166 Å². The highest BCUT2D eigenvalue weighted by Gasteiger charge is 2.23. The number of aliphatic imine (C=N–C) groups is 1. The average molecular weight is 397 g/mol. The maximum atomic E-state index is 6.36. The van der Waals surface area contributed by atoms with Crippen molar-refractivity contribution in [3.8, 4) is 0 Å². The van der Waals surface area contributed by atoms with Gasteiger partial charge in [-0.1, -0.05) is 61.7 Å². The lowest BCUT2D eigenvalue weighted by Crippen LogP contribution is -2.43. The Kier molecular flexibility index (Phi) is 7.47. The second kappa shape index (κ2) is 9.82. The lowest BCUT2D eigenvalue weighted by Gasteiger charge is -2.28. The number of nitrogens with two attached hydrogens (primary N) is 1. The van der Waals surface area contributed by atoms with Crippen LogP contribution in [0.25, 0.3) is 0 Å². The molecule has 0 heterocycles. The first-order valence-electron chi connectivity index (χ1n) is 9.94. The van der Waals surface area contributed by atoms with Crippen LogP contribution in [0.15, 0.2) is 23.2 Å². The monoisotopic (exact) mass is 396 g/mol. The number of nitrogens with one attached hydrogen (secondary N) is 2. The first kappa shape index (κ1) is 19.8. The molecule has 1 aromatic rings. The van der Waals surface area contributed by atoms with Crippen molar-refractivity contribution in [2.24, 2.45) is 10.7 Å². The minimum atomic E-state index is 0.136. The maximum Gasteiger partial charge on any atom is 0.196 e. The molecule has 6 heteroatoms. The van der Waals surface area contributed by atoms with E-state index in [4.69, 9.17) is 33.9 Å². The zero-order chi connectivity index (χ0) is 18.4. The minimum Gasteiger partial charge on any atom is -0.353 e. The Morgan fingerprint density at radius 2 is 1.65 bits per heavy atom. The first-order valence-corrected chi connectivity index (χ1v) is 10.7. The van der Waals surface area contributed by atoms with E-state index in [2.05, 4.69) is 10.6 Å². The van der Waals surface area contributed by atoms with Gasteiger partial charge in [-0.2, -0.15) is 0 Å². The molecule has 0 unspecified atom stereocenters. The zero-order valence-electron chi connectivity index (χ0n) is 15.3. The van der Waals surface area contributed by atoms with E-state index in [1.165, 1.54) is 51.4 Å². The average Bonchev–Trinajstić information content (AvgIpc) is 2.88. The summed E-state index contributed by atoms with van der Waals surface area (Å²) in [5, 5.41) is 8.28. The predicted octanol–water partition coefficient (Wildman–Crippen LogP) is 5.34. The van der Waals surface area contributed by atoms with Crippen LogP contribution in [0.4, 0.5) is 5.69 Å². The van der Waals surface area contributed by atoms with E-state index in [1.54, 1.807) is 6.07 Å². The van der Waals surface area contributed by atoms with Crippen molar-refractivity contribution >= 4 is 34.8 Å². The summed E-state index contributed by atoms with van der Waals surface area (Å²) < 4.78 is 0. The third-order valence-electron chi connectivity index (χ3n) is 5.46. The number of hydrogen-bond donors (Lipinski definition) is 3. The van der Waals surface area contributed by atoms with Gasteiger partial charge in [-0.25, -0.2) is 4.99 Å². The molecule has 2 aliphatic rings. The number of halogens is 2. The summed E-state index contributed by atoms with van der Waals surface area (Å²) in [5.74, 6) is 0.795. The smallest absolute Gasteiger partial charge is 0.196 e. The van der Waals surface area contributed by atoms with E-state index >= 15 is 0 Å². The van der Waals surface area contributed by atoms with Gasteiger partial charge in [-0.15, -0.1) is 0 Å². The summed E-state index contributed by atoms with van der Waals surface area (Å²) in [5.41, 5.74) is 7.14. The van der Waals surface area contributed by atoms with Crippen LogP contribution in [-0.4, -0.2) is 24.1 Å². The van der Waals surface area contributed by atoms with Crippen LogP contribution in [-0.2, 0) is 0 Å². The summed E-state index contributed by atoms with van der Waals surface area (Å²) >= 11 is 12.4. The lowest BCUT2D eigenvalue weighted by molar-refractivity contribution is 0.385. The van der Waals surface area contributed by atoms with Crippen LogP contribution in [0.3, 0.4) is 0 Å². The minimum absolute atomic E-state index is 0.136. The van der Waals surface area contributed by atoms with Crippen LogP contribution in [0, 0.1) is 0 Å². The van der Waals surface area contributed by atoms with Gasteiger partial charge >= 0.3 is 0 Å². The number of anilines is 1.